The zero-order valence-electron chi connectivity index (χ0n) is 10.9. The van der Waals surface area contributed by atoms with E-state index in [0.29, 0.717) is 11.3 Å². The van der Waals surface area contributed by atoms with E-state index in [-0.39, 0.29) is 0 Å². The molecule has 2 aromatic rings. The molecule has 0 bridgehead atoms. The summed E-state index contributed by atoms with van der Waals surface area (Å²) >= 11 is 0. The lowest BCUT2D eigenvalue weighted by atomic mass is 10.1. The molecular weight excluding hydrogens is 248 g/mol. The third-order valence-corrected chi connectivity index (χ3v) is 2.82. The maximum Gasteiger partial charge on any atom is 0.159 e. The maximum atomic E-state index is 13.3. The Kier molecular flexibility index (Phi) is 4.04. The Balaban J connectivity index is 2.41. The van der Waals surface area contributed by atoms with Crippen molar-refractivity contribution in [2.24, 2.45) is 0 Å². The molecular formula is C14H15F2N3. The van der Waals surface area contributed by atoms with Gasteiger partial charge in [-0.05, 0) is 31.5 Å². The van der Waals surface area contributed by atoms with Gasteiger partial charge in [0.1, 0.15) is 12.1 Å². The van der Waals surface area contributed by atoms with E-state index >= 15 is 0 Å². The SMILES string of the molecule is CCCNc1ncnc(-c2ccc(F)c(F)c2)c1C. The number of aromatic nitrogens is 2. The van der Waals surface area contributed by atoms with Gasteiger partial charge >= 0.3 is 0 Å². The van der Waals surface area contributed by atoms with E-state index in [4.69, 9.17) is 0 Å². The van der Waals surface area contributed by atoms with Crippen LogP contribution in [0.4, 0.5) is 14.6 Å². The van der Waals surface area contributed by atoms with Crippen molar-refractivity contribution >= 4 is 5.82 Å². The van der Waals surface area contributed by atoms with Gasteiger partial charge in [0.05, 0.1) is 5.69 Å². The quantitative estimate of drug-likeness (QED) is 0.916. The van der Waals surface area contributed by atoms with Gasteiger partial charge in [0.25, 0.3) is 0 Å². The molecule has 0 saturated carbocycles. The zero-order valence-corrected chi connectivity index (χ0v) is 10.9. The molecule has 0 aliphatic carbocycles. The van der Waals surface area contributed by atoms with Gasteiger partial charge in [0.2, 0.25) is 0 Å². The van der Waals surface area contributed by atoms with Gasteiger partial charge in [0.15, 0.2) is 11.6 Å². The van der Waals surface area contributed by atoms with Crippen molar-refractivity contribution in [2.45, 2.75) is 20.3 Å². The molecule has 2 rings (SSSR count). The molecule has 1 aromatic carbocycles. The average molecular weight is 263 g/mol. The van der Waals surface area contributed by atoms with Crippen LogP contribution in [0.25, 0.3) is 11.3 Å². The molecule has 3 nitrogen and oxygen atoms in total. The third kappa shape index (κ3) is 2.86. The van der Waals surface area contributed by atoms with Crippen LogP contribution in [0.1, 0.15) is 18.9 Å². The number of anilines is 1. The minimum atomic E-state index is -0.876. The summed E-state index contributed by atoms with van der Waals surface area (Å²) in [5.74, 6) is -1.02. The summed E-state index contributed by atoms with van der Waals surface area (Å²) in [7, 11) is 0. The zero-order chi connectivity index (χ0) is 13.8. The third-order valence-electron chi connectivity index (χ3n) is 2.82. The average Bonchev–Trinajstić information content (AvgIpc) is 2.41. The van der Waals surface area contributed by atoms with Gasteiger partial charge in [-0.25, -0.2) is 18.7 Å². The Labute approximate surface area is 110 Å². The van der Waals surface area contributed by atoms with E-state index in [1.807, 2.05) is 6.92 Å². The van der Waals surface area contributed by atoms with Gasteiger partial charge in [-0.15, -0.1) is 0 Å². The molecule has 0 unspecified atom stereocenters. The highest BCUT2D eigenvalue weighted by atomic mass is 19.2. The molecule has 0 aliphatic rings. The lowest BCUT2D eigenvalue weighted by Crippen LogP contribution is -2.05. The van der Waals surface area contributed by atoms with Crippen LogP contribution in [-0.4, -0.2) is 16.5 Å². The first kappa shape index (κ1) is 13.4. The van der Waals surface area contributed by atoms with E-state index in [1.165, 1.54) is 12.4 Å². The van der Waals surface area contributed by atoms with Crippen LogP contribution in [-0.2, 0) is 0 Å². The largest absolute Gasteiger partial charge is 0.370 e. The molecule has 0 spiro atoms. The van der Waals surface area contributed by atoms with Gasteiger partial charge < -0.3 is 5.32 Å². The van der Waals surface area contributed by atoms with Crippen LogP contribution in [0, 0.1) is 18.6 Å². The number of benzene rings is 1. The lowest BCUT2D eigenvalue weighted by Gasteiger charge is -2.11. The van der Waals surface area contributed by atoms with Crippen molar-refractivity contribution in [1.29, 1.82) is 0 Å². The van der Waals surface area contributed by atoms with Crippen molar-refractivity contribution in [3.63, 3.8) is 0 Å². The van der Waals surface area contributed by atoms with Gasteiger partial charge in [0, 0.05) is 17.7 Å². The van der Waals surface area contributed by atoms with Crippen molar-refractivity contribution in [2.75, 3.05) is 11.9 Å². The summed E-state index contributed by atoms with van der Waals surface area (Å²) in [5.41, 5.74) is 1.97. The second-order valence-electron chi connectivity index (χ2n) is 4.25. The molecule has 1 heterocycles. The van der Waals surface area contributed by atoms with E-state index < -0.39 is 11.6 Å². The highest BCUT2D eigenvalue weighted by Gasteiger charge is 2.11. The Bertz CT molecular complexity index is 585. The summed E-state index contributed by atoms with van der Waals surface area (Å²) in [5, 5.41) is 3.18. The number of rotatable bonds is 4. The highest BCUT2D eigenvalue weighted by Crippen LogP contribution is 2.25. The van der Waals surface area contributed by atoms with E-state index in [2.05, 4.69) is 22.2 Å². The summed E-state index contributed by atoms with van der Waals surface area (Å²) < 4.78 is 26.2. The van der Waals surface area contributed by atoms with Crippen LogP contribution < -0.4 is 5.32 Å². The summed E-state index contributed by atoms with van der Waals surface area (Å²) in [6, 6.07) is 3.76. The maximum absolute atomic E-state index is 13.3. The number of hydrogen-bond donors (Lipinski definition) is 1. The van der Waals surface area contributed by atoms with Crippen LogP contribution in [0.15, 0.2) is 24.5 Å². The van der Waals surface area contributed by atoms with Gasteiger partial charge in [-0.2, -0.15) is 0 Å². The fourth-order valence-electron chi connectivity index (χ4n) is 1.81. The minimum Gasteiger partial charge on any atom is -0.370 e. The normalized spacial score (nSPS) is 10.5. The first-order valence-corrected chi connectivity index (χ1v) is 6.14. The summed E-state index contributed by atoms with van der Waals surface area (Å²) in [4.78, 5) is 8.30. The molecule has 0 atom stereocenters. The molecule has 0 fully saturated rings. The molecule has 100 valence electrons. The van der Waals surface area contributed by atoms with Crippen molar-refractivity contribution in [3.05, 3.63) is 41.7 Å². The van der Waals surface area contributed by atoms with Crippen molar-refractivity contribution in [1.82, 2.24) is 9.97 Å². The smallest absolute Gasteiger partial charge is 0.159 e. The van der Waals surface area contributed by atoms with E-state index in [9.17, 15) is 8.78 Å². The highest BCUT2D eigenvalue weighted by molar-refractivity contribution is 5.67. The second kappa shape index (κ2) is 5.73. The van der Waals surface area contributed by atoms with Crippen LogP contribution >= 0.6 is 0 Å². The Hall–Kier alpha value is -2.04. The molecule has 0 radical (unpaired) electrons. The number of hydrogen-bond acceptors (Lipinski definition) is 3. The monoisotopic (exact) mass is 263 g/mol. The fraction of sp³-hybridized carbons (Fsp3) is 0.286. The summed E-state index contributed by atoms with van der Waals surface area (Å²) in [6.07, 6.45) is 2.39. The van der Waals surface area contributed by atoms with Crippen LogP contribution in [0.3, 0.4) is 0 Å². The molecule has 0 amide bonds. The van der Waals surface area contributed by atoms with E-state index in [0.717, 1.165) is 36.5 Å². The van der Waals surface area contributed by atoms with Crippen molar-refractivity contribution < 1.29 is 8.78 Å². The number of halogens is 2. The number of nitrogens with one attached hydrogen (secondary N) is 1. The molecule has 19 heavy (non-hydrogen) atoms. The first-order chi connectivity index (χ1) is 9.13. The minimum absolute atomic E-state index is 0.540. The Morgan fingerprint density at radius 1 is 1.16 bits per heavy atom. The van der Waals surface area contributed by atoms with Gasteiger partial charge in [-0.1, -0.05) is 6.92 Å². The topological polar surface area (TPSA) is 37.8 Å². The van der Waals surface area contributed by atoms with Crippen LogP contribution in [0.2, 0.25) is 0 Å². The van der Waals surface area contributed by atoms with Crippen molar-refractivity contribution in [3.8, 4) is 11.3 Å². The molecule has 0 saturated heterocycles. The standard InChI is InChI=1S/C14H15F2N3/c1-3-6-17-14-9(2)13(18-8-19-14)10-4-5-11(15)12(16)7-10/h4-5,7-8H,3,6H2,1-2H3,(H,17,18,19). The predicted octanol–water partition coefficient (Wildman–Crippen LogP) is 3.55. The molecule has 1 N–H and O–H groups in total. The lowest BCUT2D eigenvalue weighted by molar-refractivity contribution is 0.509. The predicted molar refractivity (Wildman–Crippen MR) is 70.9 cm³/mol. The molecule has 5 heteroatoms. The second-order valence-corrected chi connectivity index (χ2v) is 4.25. The Morgan fingerprint density at radius 3 is 2.63 bits per heavy atom. The van der Waals surface area contributed by atoms with Crippen LogP contribution in [0.5, 0.6) is 0 Å². The Morgan fingerprint density at radius 2 is 1.95 bits per heavy atom. The molecule has 1 aromatic heterocycles. The number of nitrogens with zero attached hydrogens (tertiary/aromatic N) is 2. The summed E-state index contributed by atoms with van der Waals surface area (Å²) in [6.45, 7) is 4.71. The molecule has 0 aliphatic heterocycles. The first-order valence-electron chi connectivity index (χ1n) is 6.14. The fourth-order valence-corrected chi connectivity index (χ4v) is 1.81. The van der Waals surface area contributed by atoms with Gasteiger partial charge in [-0.3, -0.25) is 0 Å². The van der Waals surface area contributed by atoms with E-state index in [1.54, 1.807) is 0 Å².